The van der Waals surface area contributed by atoms with Crippen LogP contribution in [0.1, 0.15) is 33.8 Å². The van der Waals surface area contributed by atoms with Crippen molar-refractivity contribution >= 4 is 22.4 Å². The number of carbonyl (C=O) groups excluding carboxylic acids is 1. The quantitative estimate of drug-likeness (QED) is 0.942. The summed E-state index contributed by atoms with van der Waals surface area (Å²) in [4.78, 5) is 20.3. The van der Waals surface area contributed by atoms with Gasteiger partial charge in [-0.1, -0.05) is 18.2 Å². The lowest BCUT2D eigenvalue weighted by atomic mass is 10.2. The van der Waals surface area contributed by atoms with Crippen LogP contribution in [0.3, 0.4) is 0 Å². The van der Waals surface area contributed by atoms with E-state index in [1.165, 1.54) is 30.8 Å². The molecule has 0 radical (unpaired) electrons. The minimum Gasteiger partial charge on any atom is -0.298 e. The highest BCUT2D eigenvalue weighted by Gasteiger charge is 2.16. The summed E-state index contributed by atoms with van der Waals surface area (Å²) < 4.78 is 0. The number of benzene rings is 1. The molecule has 4 nitrogen and oxygen atoms in total. The first-order chi connectivity index (χ1) is 10.2. The molecule has 0 saturated carbocycles. The fraction of sp³-hybridized carbons (Fsp3) is 0.375. The average Bonchev–Trinajstić information content (AvgIpc) is 3.11. The fourth-order valence-corrected chi connectivity index (χ4v) is 3.53. The van der Waals surface area contributed by atoms with Crippen molar-refractivity contribution in [3.05, 3.63) is 46.5 Å². The lowest BCUT2D eigenvalue weighted by Crippen LogP contribution is -2.18. The third-order valence-electron chi connectivity index (χ3n) is 3.72. The zero-order chi connectivity index (χ0) is 14.7. The highest BCUT2D eigenvalue weighted by Crippen LogP contribution is 2.25. The number of rotatable bonds is 4. The summed E-state index contributed by atoms with van der Waals surface area (Å²) in [6.45, 7) is 5.30. The molecule has 1 aliphatic rings. The zero-order valence-electron chi connectivity index (χ0n) is 12.1. The minimum atomic E-state index is -0.0999. The van der Waals surface area contributed by atoms with Crippen molar-refractivity contribution in [2.24, 2.45) is 0 Å². The van der Waals surface area contributed by atoms with Crippen LogP contribution >= 0.6 is 11.3 Å². The van der Waals surface area contributed by atoms with Crippen LogP contribution in [0.2, 0.25) is 0 Å². The number of likely N-dealkylation sites (tertiary alicyclic amines) is 1. The van der Waals surface area contributed by atoms with Crippen LogP contribution in [0.4, 0.5) is 5.13 Å². The van der Waals surface area contributed by atoms with Crippen LogP contribution in [-0.4, -0.2) is 28.9 Å². The molecule has 0 aliphatic carbocycles. The fourth-order valence-electron chi connectivity index (χ4n) is 2.53. The number of aryl methyl sites for hydroxylation is 1. The molecule has 21 heavy (non-hydrogen) atoms. The van der Waals surface area contributed by atoms with Gasteiger partial charge in [0.25, 0.3) is 5.91 Å². The van der Waals surface area contributed by atoms with Gasteiger partial charge in [-0.25, -0.2) is 4.98 Å². The van der Waals surface area contributed by atoms with Gasteiger partial charge in [-0.2, -0.15) is 0 Å². The summed E-state index contributed by atoms with van der Waals surface area (Å²) in [5.41, 5.74) is 1.68. The Morgan fingerprint density at radius 3 is 2.71 bits per heavy atom. The molecule has 1 saturated heterocycles. The molecule has 110 valence electrons. The Hall–Kier alpha value is -1.72. The van der Waals surface area contributed by atoms with E-state index in [0.29, 0.717) is 10.7 Å². The number of anilines is 1. The molecule has 2 aromatic rings. The van der Waals surface area contributed by atoms with Crippen LogP contribution in [0, 0.1) is 6.92 Å². The Morgan fingerprint density at radius 1 is 1.29 bits per heavy atom. The molecule has 1 amide bonds. The van der Waals surface area contributed by atoms with Gasteiger partial charge in [0.1, 0.15) is 0 Å². The molecule has 1 aliphatic heterocycles. The monoisotopic (exact) mass is 301 g/mol. The third-order valence-corrected chi connectivity index (χ3v) is 4.77. The predicted molar refractivity (Wildman–Crippen MR) is 85.8 cm³/mol. The molecule has 0 spiro atoms. The Balaban J connectivity index is 1.67. The molecule has 2 heterocycles. The van der Waals surface area contributed by atoms with E-state index in [1.54, 1.807) is 23.5 Å². The van der Waals surface area contributed by atoms with E-state index in [-0.39, 0.29) is 5.91 Å². The molecule has 1 aromatic carbocycles. The topological polar surface area (TPSA) is 45.2 Å². The number of aromatic nitrogens is 1. The summed E-state index contributed by atoms with van der Waals surface area (Å²) in [7, 11) is 0. The Morgan fingerprint density at radius 2 is 2.00 bits per heavy atom. The molecular formula is C16H19N3OS. The van der Waals surface area contributed by atoms with Crippen molar-refractivity contribution in [2.75, 3.05) is 18.4 Å². The van der Waals surface area contributed by atoms with Crippen LogP contribution in [-0.2, 0) is 6.54 Å². The number of hydrogen-bond acceptors (Lipinski definition) is 4. The molecule has 0 bridgehead atoms. The van der Waals surface area contributed by atoms with Gasteiger partial charge in [0.15, 0.2) is 5.13 Å². The maximum atomic E-state index is 12.1. The van der Waals surface area contributed by atoms with E-state index in [2.05, 4.69) is 15.2 Å². The summed E-state index contributed by atoms with van der Waals surface area (Å²) in [6.07, 6.45) is 2.57. The van der Waals surface area contributed by atoms with Crippen molar-refractivity contribution < 1.29 is 4.79 Å². The first kappa shape index (κ1) is 14.2. The highest BCUT2D eigenvalue weighted by molar-refractivity contribution is 7.15. The Bertz CT molecular complexity index is 618. The van der Waals surface area contributed by atoms with E-state index >= 15 is 0 Å². The maximum absolute atomic E-state index is 12.1. The SMILES string of the molecule is Cc1nc(NC(=O)c2ccccc2)sc1CN1CCCC1. The third kappa shape index (κ3) is 3.49. The smallest absolute Gasteiger partial charge is 0.257 e. The molecular weight excluding hydrogens is 282 g/mol. The molecule has 0 atom stereocenters. The van der Waals surface area contributed by atoms with Crippen LogP contribution in [0.25, 0.3) is 0 Å². The number of nitrogens with zero attached hydrogens (tertiary/aromatic N) is 2. The van der Waals surface area contributed by atoms with Gasteiger partial charge in [-0.3, -0.25) is 15.0 Å². The van der Waals surface area contributed by atoms with Crippen molar-refractivity contribution in [3.8, 4) is 0 Å². The number of nitrogens with one attached hydrogen (secondary N) is 1. The van der Waals surface area contributed by atoms with E-state index in [4.69, 9.17) is 0 Å². The maximum Gasteiger partial charge on any atom is 0.257 e. The van der Waals surface area contributed by atoms with Gasteiger partial charge < -0.3 is 0 Å². The van der Waals surface area contributed by atoms with Gasteiger partial charge in [0.05, 0.1) is 5.69 Å². The Kier molecular flexibility index (Phi) is 4.31. The number of thiazole rings is 1. The lowest BCUT2D eigenvalue weighted by Gasteiger charge is -2.12. The van der Waals surface area contributed by atoms with Crippen molar-refractivity contribution in [1.29, 1.82) is 0 Å². The largest absolute Gasteiger partial charge is 0.298 e. The molecule has 0 unspecified atom stereocenters. The summed E-state index contributed by atoms with van der Waals surface area (Å²) >= 11 is 1.58. The second kappa shape index (κ2) is 6.37. The first-order valence-corrected chi connectivity index (χ1v) is 8.09. The van der Waals surface area contributed by atoms with E-state index in [9.17, 15) is 4.79 Å². The van der Waals surface area contributed by atoms with Crippen molar-refractivity contribution in [1.82, 2.24) is 9.88 Å². The highest BCUT2D eigenvalue weighted by atomic mass is 32.1. The molecule has 1 fully saturated rings. The normalized spacial score (nSPS) is 15.3. The second-order valence-electron chi connectivity index (χ2n) is 5.33. The second-order valence-corrected chi connectivity index (χ2v) is 6.41. The van der Waals surface area contributed by atoms with Gasteiger partial charge in [0.2, 0.25) is 0 Å². The van der Waals surface area contributed by atoms with Crippen LogP contribution in [0.5, 0.6) is 0 Å². The summed E-state index contributed by atoms with van der Waals surface area (Å²) in [5.74, 6) is -0.0999. The van der Waals surface area contributed by atoms with Crippen LogP contribution < -0.4 is 5.32 Å². The number of carbonyl (C=O) groups is 1. The van der Waals surface area contributed by atoms with Gasteiger partial charge in [-0.15, -0.1) is 11.3 Å². The van der Waals surface area contributed by atoms with Crippen molar-refractivity contribution in [2.45, 2.75) is 26.3 Å². The van der Waals surface area contributed by atoms with E-state index in [0.717, 1.165) is 12.2 Å². The zero-order valence-corrected chi connectivity index (χ0v) is 12.9. The molecule has 5 heteroatoms. The number of hydrogen-bond donors (Lipinski definition) is 1. The summed E-state index contributed by atoms with van der Waals surface area (Å²) in [5, 5.41) is 3.58. The predicted octanol–water partition coefficient (Wildman–Crippen LogP) is 3.30. The standard InChI is InChI=1S/C16H19N3OS/c1-12-14(11-19-9-5-6-10-19)21-16(17-12)18-15(20)13-7-3-2-4-8-13/h2-4,7-8H,5-6,9-11H2,1H3,(H,17,18,20). The minimum absolute atomic E-state index is 0.0999. The first-order valence-electron chi connectivity index (χ1n) is 7.27. The average molecular weight is 301 g/mol. The van der Waals surface area contributed by atoms with Crippen LogP contribution in [0.15, 0.2) is 30.3 Å². The number of amides is 1. The van der Waals surface area contributed by atoms with Gasteiger partial charge >= 0.3 is 0 Å². The lowest BCUT2D eigenvalue weighted by molar-refractivity contribution is 0.102. The Labute approximate surface area is 128 Å². The van der Waals surface area contributed by atoms with Gasteiger partial charge in [-0.05, 0) is 45.0 Å². The summed E-state index contributed by atoms with van der Waals surface area (Å²) in [6, 6.07) is 9.24. The molecule has 1 aromatic heterocycles. The van der Waals surface area contributed by atoms with Crippen molar-refractivity contribution in [3.63, 3.8) is 0 Å². The van der Waals surface area contributed by atoms with Gasteiger partial charge in [0, 0.05) is 17.0 Å². The molecule has 3 rings (SSSR count). The molecule has 1 N–H and O–H groups in total. The van der Waals surface area contributed by atoms with E-state index < -0.39 is 0 Å². The van der Waals surface area contributed by atoms with E-state index in [1.807, 2.05) is 25.1 Å².